The van der Waals surface area contributed by atoms with Crippen molar-refractivity contribution in [2.24, 2.45) is 0 Å². The van der Waals surface area contributed by atoms with Gasteiger partial charge in [0, 0.05) is 12.1 Å². The number of carboxylic acid groups (broad SMARTS) is 1. The van der Waals surface area contributed by atoms with E-state index in [1.807, 2.05) is 0 Å². The van der Waals surface area contributed by atoms with E-state index in [-0.39, 0.29) is 17.7 Å². The van der Waals surface area contributed by atoms with Crippen molar-refractivity contribution in [2.75, 3.05) is 13.1 Å². The van der Waals surface area contributed by atoms with Crippen LogP contribution >= 0.6 is 0 Å². The van der Waals surface area contributed by atoms with Crippen molar-refractivity contribution >= 4 is 11.9 Å². The number of aryl methyl sites for hydroxylation is 1. The molecule has 21 heavy (non-hydrogen) atoms. The molecular formula is C14H14F3NO3. The summed E-state index contributed by atoms with van der Waals surface area (Å²) in [6, 6.07) is 3.74. The van der Waals surface area contributed by atoms with Gasteiger partial charge in [0.15, 0.2) is 0 Å². The largest absolute Gasteiger partial charge is 0.478 e. The van der Waals surface area contributed by atoms with E-state index in [0.717, 1.165) is 6.07 Å². The summed E-state index contributed by atoms with van der Waals surface area (Å²) in [5, 5.41) is 8.92. The highest BCUT2D eigenvalue weighted by Gasteiger charge is 2.33. The number of benzene rings is 1. The predicted octanol–water partition coefficient (Wildman–Crippen LogP) is 2.88. The number of carboxylic acids is 1. The first-order valence-corrected chi connectivity index (χ1v) is 5.96. The van der Waals surface area contributed by atoms with Crippen LogP contribution in [0.4, 0.5) is 13.2 Å². The summed E-state index contributed by atoms with van der Waals surface area (Å²) in [6.45, 7) is 3.17. The van der Waals surface area contributed by atoms with Crippen LogP contribution in [-0.4, -0.2) is 41.1 Å². The lowest BCUT2D eigenvalue weighted by Gasteiger charge is -2.22. The number of halogens is 3. The molecule has 4 nitrogen and oxygen atoms in total. The highest BCUT2D eigenvalue weighted by Crippen LogP contribution is 2.19. The first kappa shape index (κ1) is 16.7. The van der Waals surface area contributed by atoms with E-state index in [2.05, 4.69) is 6.58 Å². The molecule has 1 N–H and O–H groups in total. The molecule has 0 bridgehead atoms. The van der Waals surface area contributed by atoms with Gasteiger partial charge in [0.2, 0.25) is 0 Å². The molecule has 114 valence electrons. The molecule has 1 aromatic rings. The molecule has 0 aliphatic carbocycles. The van der Waals surface area contributed by atoms with Crippen molar-refractivity contribution < 1.29 is 27.9 Å². The minimum absolute atomic E-state index is 0.0986. The van der Waals surface area contributed by atoms with Crippen molar-refractivity contribution in [1.82, 2.24) is 4.90 Å². The minimum Gasteiger partial charge on any atom is -0.478 e. The van der Waals surface area contributed by atoms with E-state index in [9.17, 15) is 22.8 Å². The Labute approximate surface area is 119 Å². The topological polar surface area (TPSA) is 57.6 Å². The van der Waals surface area contributed by atoms with Gasteiger partial charge in [-0.15, -0.1) is 6.58 Å². The molecule has 0 atom stereocenters. The lowest BCUT2D eigenvalue weighted by molar-refractivity contribution is -0.139. The Bertz CT molecular complexity index is 567. The van der Waals surface area contributed by atoms with Crippen LogP contribution in [0.5, 0.6) is 0 Å². The molecule has 7 heteroatoms. The third-order valence-electron chi connectivity index (χ3n) is 2.58. The fraction of sp³-hybridized carbons (Fsp3) is 0.286. The summed E-state index contributed by atoms with van der Waals surface area (Å²) in [4.78, 5) is 23.6. The molecule has 1 rings (SSSR count). The number of nitrogens with zero attached hydrogens (tertiary/aromatic N) is 1. The molecule has 0 aliphatic rings. The monoisotopic (exact) mass is 301 g/mol. The molecule has 0 aromatic heterocycles. The molecule has 0 saturated heterocycles. The third kappa shape index (κ3) is 4.94. The van der Waals surface area contributed by atoms with Gasteiger partial charge in [0.1, 0.15) is 6.54 Å². The second kappa shape index (κ2) is 6.43. The zero-order valence-electron chi connectivity index (χ0n) is 11.3. The van der Waals surface area contributed by atoms with Gasteiger partial charge in [-0.1, -0.05) is 6.08 Å². The van der Waals surface area contributed by atoms with E-state index in [4.69, 9.17) is 5.11 Å². The van der Waals surface area contributed by atoms with Crippen LogP contribution < -0.4 is 0 Å². The number of amides is 1. The van der Waals surface area contributed by atoms with Gasteiger partial charge in [0.05, 0.1) is 5.56 Å². The van der Waals surface area contributed by atoms with Crippen LogP contribution in [0.3, 0.4) is 0 Å². The van der Waals surface area contributed by atoms with Crippen molar-refractivity contribution in [3.8, 4) is 0 Å². The molecule has 1 aromatic carbocycles. The van der Waals surface area contributed by atoms with Crippen molar-refractivity contribution in [3.63, 3.8) is 0 Å². The van der Waals surface area contributed by atoms with Crippen molar-refractivity contribution in [1.29, 1.82) is 0 Å². The molecular weight excluding hydrogens is 287 g/mol. The van der Waals surface area contributed by atoms with Gasteiger partial charge in [0.25, 0.3) is 5.91 Å². The maximum atomic E-state index is 12.5. The second-order valence-corrected chi connectivity index (χ2v) is 4.48. The molecule has 0 saturated carbocycles. The first-order chi connectivity index (χ1) is 9.64. The quantitative estimate of drug-likeness (QED) is 0.851. The van der Waals surface area contributed by atoms with Crippen LogP contribution in [0, 0.1) is 6.92 Å². The maximum absolute atomic E-state index is 12.5. The highest BCUT2D eigenvalue weighted by molar-refractivity contribution is 5.98. The van der Waals surface area contributed by atoms with Crippen LogP contribution in [0.2, 0.25) is 0 Å². The predicted molar refractivity (Wildman–Crippen MR) is 70.3 cm³/mol. The average Bonchev–Trinajstić information content (AvgIpc) is 2.35. The normalized spacial score (nSPS) is 11.0. The van der Waals surface area contributed by atoms with E-state index in [1.54, 1.807) is 6.92 Å². The van der Waals surface area contributed by atoms with E-state index < -0.39 is 24.6 Å². The van der Waals surface area contributed by atoms with Crippen molar-refractivity contribution in [2.45, 2.75) is 13.1 Å². The van der Waals surface area contributed by atoms with Crippen LogP contribution in [-0.2, 0) is 0 Å². The molecule has 0 aliphatic heterocycles. The molecule has 0 heterocycles. The SMILES string of the molecule is C=CCN(CC(F)(F)F)C(=O)c1cc(C)cc(C(=O)O)c1. The zero-order chi connectivity index (χ0) is 16.2. The summed E-state index contributed by atoms with van der Waals surface area (Å²) < 4.78 is 37.4. The Hall–Kier alpha value is -2.31. The Kier molecular flexibility index (Phi) is 5.12. The van der Waals surface area contributed by atoms with Crippen molar-refractivity contribution in [3.05, 3.63) is 47.5 Å². The summed E-state index contributed by atoms with van der Waals surface area (Å²) in [7, 11) is 0. The molecule has 1 amide bonds. The molecule has 0 radical (unpaired) electrons. The van der Waals surface area contributed by atoms with Crippen LogP contribution in [0.15, 0.2) is 30.9 Å². The number of alkyl halides is 3. The summed E-state index contributed by atoms with van der Waals surface area (Å²) in [5.74, 6) is -2.14. The molecule has 0 fully saturated rings. The Balaban J connectivity index is 3.14. The van der Waals surface area contributed by atoms with Gasteiger partial charge >= 0.3 is 12.1 Å². The number of carbonyl (C=O) groups excluding carboxylic acids is 1. The lowest BCUT2D eigenvalue weighted by Crippen LogP contribution is -2.39. The van der Waals surface area contributed by atoms with Gasteiger partial charge in [-0.25, -0.2) is 4.79 Å². The van der Waals surface area contributed by atoms with E-state index in [0.29, 0.717) is 10.5 Å². The number of carbonyl (C=O) groups is 2. The van der Waals surface area contributed by atoms with E-state index in [1.165, 1.54) is 18.2 Å². The van der Waals surface area contributed by atoms with Gasteiger partial charge in [-0.05, 0) is 30.7 Å². The first-order valence-electron chi connectivity index (χ1n) is 5.96. The highest BCUT2D eigenvalue weighted by atomic mass is 19.4. The maximum Gasteiger partial charge on any atom is 0.406 e. The molecule has 0 unspecified atom stereocenters. The fourth-order valence-electron chi connectivity index (χ4n) is 1.80. The van der Waals surface area contributed by atoms with Crippen LogP contribution in [0.25, 0.3) is 0 Å². The number of hydrogen-bond donors (Lipinski definition) is 1. The standard InChI is InChI=1S/C14H14F3NO3/c1-3-4-18(8-14(15,16)17)12(19)10-5-9(2)6-11(7-10)13(20)21/h3,5-7H,1,4,8H2,2H3,(H,20,21). The zero-order valence-corrected chi connectivity index (χ0v) is 11.3. The Morgan fingerprint density at radius 2 is 1.86 bits per heavy atom. The summed E-state index contributed by atoms with van der Waals surface area (Å²) in [5.41, 5.74) is 0.228. The second-order valence-electron chi connectivity index (χ2n) is 4.48. The summed E-state index contributed by atoms with van der Waals surface area (Å²) >= 11 is 0. The third-order valence-corrected chi connectivity index (χ3v) is 2.58. The fourth-order valence-corrected chi connectivity index (χ4v) is 1.80. The van der Waals surface area contributed by atoms with Crippen LogP contribution in [0.1, 0.15) is 26.3 Å². The smallest absolute Gasteiger partial charge is 0.406 e. The number of hydrogen-bond acceptors (Lipinski definition) is 2. The minimum atomic E-state index is -4.54. The lowest BCUT2D eigenvalue weighted by atomic mass is 10.1. The van der Waals surface area contributed by atoms with E-state index >= 15 is 0 Å². The molecule has 0 spiro atoms. The number of rotatable bonds is 5. The Morgan fingerprint density at radius 3 is 2.33 bits per heavy atom. The van der Waals surface area contributed by atoms with Gasteiger partial charge in [-0.2, -0.15) is 13.2 Å². The summed E-state index contributed by atoms with van der Waals surface area (Å²) in [6.07, 6.45) is -3.37. The Morgan fingerprint density at radius 1 is 1.29 bits per heavy atom. The number of aromatic carboxylic acids is 1. The van der Waals surface area contributed by atoms with Gasteiger partial charge in [-0.3, -0.25) is 4.79 Å². The average molecular weight is 301 g/mol. The van der Waals surface area contributed by atoms with Gasteiger partial charge < -0.3 is 10.0 Å².